The molecule has 0 fully saturated rings. The van der Waals surface area contributed by atoms with E-state index in [0.717, 1.165) is 52.7 Å². The Bertz CT molecular complexity index is 934. The molecule has 3 heteroatoms. The minimum absolute atomic E-state index is 0.0448. The molecule has 0 bridgehead atoms. The minimum Gasteiger partial charge on any atom is -0.489 e. The Morgan fingerprint density at radius 2 is 1.77 bits per heavy atom. The molecule has 0 spiro atoms. The van der Waals surface area contributed by atoms with Gasteiger partial charge in [-0.3, -0.25) is 4.98 Å². The van der Waals surface area contributed by atoms with Gasteiger partial charge < -0.3 is 9.84 Å². The third kappa shape index (κ3) is 5.82. The molecule has 0 saturated heterocycles. The average molecular weight is 406 g/mol. The van der Waals surface area contributed by atoms with Crippen LogP contribution in [-0.4, -0.2) is 10.1 Å². The molecule has 0 unspecified atom stereocenters. The monoisotopic (exact) mass is 405 g/mol. The van der Waals surface area contributed by atoms with Gasteiger partial charge in [0.15, 0.2) is 0 Å². The van der Waals surface area contributed by atoms with E-state index in [1.807, 2.05) is 24.3 Å². The lowest BCUT2D eigenvalue weighted by molar-refractivity contribution is 0.278. The fourth-order valence-corrected chi connectivity index (χ4v) is 3.99. The Morgan fingerprint density at radius 1 is 0.967 bits per heavy atom. The third-order valence-electron chi connectivity index (χ3n) is 5.55. The predicted octanol–water partition coefficient (Wildman–Crippen LogP) is 6.63. The number of aliphatic hydroxyl groups excluding tert-OH is 1. The lowest BCUT2D eigenvalue weighted by atomic mass is 9.93. The van der Waals surface area contributed by atoms with E-state index in [1.165, 1.54) is 24.8 Å². The summed E-state index contributed by atoms with van der Waals surface area (Å²) in [5.74, 6) is 1.35. The first-order valence-electron chi connectivity index (χ1n) is 11.3. The van der Waals surface area contributed by atoms with Crippen molar-refractivity contribution in [3.05, 3.63) is 70.9 Å². The summed E-state index contributed by atoms with van der Waals surface area (Å²) >= 11 is 0. The highest BCUT2D eigenvalue weighted by Gasteiger charge is 2.16. The maximum absolute atomic E-state index is 10.2. The number of benzene rings is 2. The van der Waals surface area contributed by atoms with Crippen LogP contribution in [0.15, 0.2) is 48.5 Å². The van der Waals surface area contributed by atoms with Crippen molar-refractivity contribution in [2.24, 2.45) is 5.92 Å². The Labute approximate surface area is 181 Å². The second-order valence-electron chi connectivity index (χ2n) is 8.54. The molecule has 0 aliphatic heterocycles. The van der Waals surface area contributed by atoms with Crippen molar-refractivity contribution in [1.82, 2.24) is 4.98 Å². The van der Waals surface area contributed by atoms with Gasteiger partial charge in [0.05, 0.1) is 12.1 Å². The van der Waals surface area contributed by atoms with Crippen LogP contribution in [0.3, 0.4) is 0 Å². The van der Waals surface area contributed by atoms with Gasteiger partial charge >= 0.3 is 0 Å². The van der Waals surface area contributed by atoms with Crippen molar-refractivity contribution in [1.29, 1.82) is 0 Å². The molecule has 30 heavy (non-hydrogen) atoms. The zero-order valence-electron chi connectivity index (χ0n) is 18.7. The van der Waals surface area contributed by atoms with E-state index in [-0.39, 0.29) is 6.61 Å². The van der Waals surface area contributed by atoms with Gasteiger partial charge in [-0.2, -0.15) is 0 Å². The summed E-state index contributed by atoms with van der Waals surface area (Å²) in [5, 5.41) is 11.3. The number of ether oxygens (including phenoxy) is 1. The first kappa shape index (κ1) is 22.3. The first-order valence-corrected chi connectivity index (χ1v) is 11.3. The average Bonchev–Trinajstić information content (AvgIpc) is 2.75. The van der Waals surface area contributed by atoms with Gasteiger partial charge in [-0.1, -0.05) is 70.4 Å². The van der Waals surface area contributed by atoms with Crippen LogP contribution in [0.4, 0.5) is 0 Å². The topological polar surface area (TPSA) is 42.4 Å². The van der Waals surface area contributed by atoms with Gasteiger partial charge in [-0.15, -0.1) is 0 Å². The van der Waals surface area contributed by atoms with Crippen LogP contribution >= 0.6 is 0 Å². The standard InChI is InChI=1S/C27H35NO2/c1-4-5-6-10-13-23-24-17-22(30-19-21-11-8-7-9-12-21)14-15-26(24)28-27(16-20(2)3)25(23)18-29/h7-9,11-12,14-15,17,20,29H,4-6,10,13,16,18-19H2,1-3H3. The number of aliphatic hydroxyl groups is 1. The number of unbranched alkanes of at least 4 members (excludes halogenated alkanes) is 3. The molecular formula is C27H35NO2. The van der Waals surface area contributed by atoms with E-state index in [0.29, 0.717) is 12.5 Å². The van der Waals surface area contributed by atoms with E-state index in [2.05, 4.69) is 45.0 Å². The molecule has 2 aromatic carbocycles. The minimum atomic E-state index is 0.0448. The molecule has 1 aromatic heterocycles. The van der Waals surface area contributed by atoms with Crippen LogP contribution in [0.5, 0.6) is 5.75 Å². The van der Waals surface area contributed by atoms with Crippen molar-refractivity contribution < 1.29 is 9.84 Å². The van der Waals surface area contributed by atoms with Crippen molar-refractivity contribution in [3.8, 4) is 5.75 Å². The summed E-state index contributed by atoms with van der Waals surface area (Å²) in [4.78, 5) is 4.94. The predicted molar refractivity (Wildman–Crippen MR) is 125 cm³/mol. The lowest BCUT2D eigenvalue weighted by Crippen LogP contribution is -2.08. The molecule has 1 heterocycles. The van der Waals surface area contributed by atoms with E-state index >= 15 is 0 Å². The fraction of sp³-hybridized carbons (Fsp3) is 0.444. The number of fused-ring (bicyclic) bond motifs is 1. The van der Waals surface area contributed by atoms with Gasteiger partial charge in [-0.25, -0.2) is 0 Å². The number of aryl methyl sites for hydroxylation is 1. The van der Waals surface area contributed by atoms with Crippen LogP contribution in [0.2, 0.25) is 0 Å². The van der Waals surface area contributed by atoms with Crippen molar-refractivity contribution in [3.63, 3.8) is 0 Å². The van der Waals surface area contributed by atoms with E-state index in [1.54, 1.807) is 0 Å². The number of nitrogens with zero attached hydrogens (tertiary/aromatic N) is 1. The zero-order valence-corrected chi connectivity index (χ0v) is 18.7. The third-order valence-corrected chi connectivity index (χ3v) is 5.55. The normalized spacial score (nSPS) is 11.4. The number of hydrogen-bond donors (Lipinski definition) is 1. The van der Waals surface area contributed by atoms with Gasteiger partial charge in [-0.05, 0) is 54.5 Å². The van der Waals surface area contributed by atoms with Crippen molar-refractivity contribution >= 4 is 10.9 Å². The van der Waals surface area contributed by atoms with Crippen LogP contribution < -0.4 is 4.74 Å². The van der Waals surface area contributed by atoms with E-state index < -0.39 is 0 Å². The number of hydrogen-bond acceptors (Lipinski definition) is 3. The van der Waals surface area contributed by atoms with Crippen LogP contribution in [0, 0.1) is 5.92 Å². The van der Waals surface area contributed by atoms with Gasteiger partial charge in [0, 0.05) is 16.6 Å². The zero-order chi connectivity index (χ0) is 21.3. The van der Waals surface area contributed by atoms with Gasteiger partial charge in [0.2, 0.25) is 0 Å². The second-order valence-corrected chi connectivity index (χ2v) is 8.54. The summed E-state index contributed by atoms with van der Waals surface area (Å²) in [7, 11) is 0. The Hall–Kier alpha value is -2.39. The number of aromatic nitrogens is 1. The van der Waals surface area contributed by atoms with E-state index in [9.17, 15) is 5.11 Å². The summed E-state index contributed by atoms with van der Waals surface area (Å²) in [6, 6.07) is 16.4. The Morgan fingerprint density at radius 3 is 2.47 bits per heavy atom. The second kappa shape index (κ2) is 11.1. The molecule has 3 rings (SSSR count). The summed E-state index contributed by atoms with van der Waals surface area (Å²) in [6.45, 7) is 7.23. The summed E-state index contributed by atoms with van der Waals surface area (Å²) in [5.41, 5.74) is 5.47. The highest BCUT2D eigenvalue weighted by Crippen LogP contribution is 2.30. The number of pyridine rings is 1. The SMILES string of the molecule is CCCCCCc1c(CO)c(CC(C)C)nc2ccc(OCc3ccccc3)cc12. The molecule has 0 amide bonds. The van der Waals surface area contributed by atoms with Crippen LogP contribution in [0.1, 0.15) is 68.8 Å². The highest BCUT2D eigenvalue weighted by molar-refractivity contribution is 5.85. The highest BCUT2D eigenvalue weighted by atomic mass is 16.5. The summed E-state index contributed by atoms with van der Waals surface area (Å²) < 4.78 is 6.08. The molecular weight excluding hydrogens is 370 g/mol. The number of rotatable bonds is 11. The van der Waals surface area contributed by atoms with Crippen molar-refractivity contribution in [2.75, 3.05) is 0 Å². The quantitative estimate of drug-likeness (QED) is 0.364. The molecule has 3 aromatic rings. The molecule has 0 saturated carbocycles. The molecule has 0 aliphatic carbocycles. The molecule has 3 nitrogen and oxygen atoms in total. The molecule has 0 atom stereocenters. The first-order chi connectivity index (χ1) is 14.6. The lowest BCUT2D eigenvalue weighted by Gasteiger charge is -2.18. The van der Waals surface area contributed by atoms with Gasteiger partial charge in [0.25, 0.3) is 0 Å². The van der Waals surface area contributed by atoms with Crippen molar-refractivity contribution in [2.45, 2.75) is 72.5 Å². The maximum Gasteiger partial charge on any atom is 0.120 e. The largest absolute Gasteiger partial charge is 0.489 e. The molecule has 1 N–H and O–H groups in total. The molecule has 0 radical (unpaired) electrons. The van der Waals surface area contributed by atoms with Gasteiger partial charge in [0.1, 0.15) is 12.4 Å². The maximum atomic E-state index is 10.2. The Kier molecular flexibility index (Phi) is 8.27. The van der Waals surface area contributed by atoms with Crippen LogP contribution in [0.25, 0.3) is 10.9 Å². The summed E-state index contributed by atoms with van der Waals surface area (Å²) in [6.07, 6.45) is 6.69. The molecule has 0 aliphatic rings. The van der Waals surface area contributed by atoms with Crippen LogP contribution in [-0.2, 0) is 26.1 Å². The van der Waals surface area contributed by atoms with E-state index in [4.69, 9.17) is 9.72 Å². The smallest absolute Gasteiger partial charge is 0.120 e. The fourth-order valence-electron chi connectivity index (χ4n) is 3.99. The Balaban J connectivity index is 1.95. The molecule has 160 valence electrons.